The lowest BCUT2D eigenvalue weighted by Gasteiger charge is -2.23. The van der Waals surface area contributed by atoms with Crippen LogP contribution in [0.1, 0.15) is 25.8 Å². The van der Waals surface area contributed by atoms with Crippen LogP contribution in [0.4, 0.5) is 4.39 Å². The SMILES string of the molecule is CC(C)(CC(=O)O)c1cc(F)ccc1O. The highest BCUT2D eigenvalue weighted by Gasteiger charge is 2.27. The number of halogens is 1. The first kappa shape index (κ1) is 11.5. The minimum absolute atomic E-state index is 0.0809. The van der Waals surface area contributed by atoms with Gasteiger partial charge in [-0.15, -0.1) is 0 Å². The molecule has 4 heteroatoms. The Morgan fingerprint density at radius 3 is 2.60 bits per heavy atom. The van der Waals surface area contributed by atoms with Crippen molar-refractivity contribution < 1.29 is 19.4 Å². The number of benzene rings is 1. The lowest BCUT2D eigenvalue weighted by molar-refractivity contribution is -0.138. The van der Waals surface area contributed by atoms with Gasteiger partial charge in [0.15, 0.2) is 0 Å². The molecule has 1 aromatic carbocycles. The van der Waals surface area contributed by atoms with Gasteiger partial charge in [-0.25, -0.2) is 4.39 Å². The lowest BCUT2D eigenvalue weighted by Crippen LogP contribution is -2.21. The predicted molar refractivity (Wildman–Crippen MR) is 53.3 cm³/mol. The molecular weight excluding hydrogens is 199 g/mol. The fourth-order valence-corrected chi connectivity index (χ4v) is 1.52. The Bertz CT molecular complexity index is 385. The second-order valence-electron chi connectivity index (χ2n) is 4.12. The lowest BCUT2D eigenvalue weighted by atomic mass is 9.81. The Morgan fingerprint density at radius 1 is 1.47 bits per heavy atom. The van der Waals surface area contributed by atoms with E-state index < -0.39 is 17.2 Å². The summed E-state index contributed by atoms with van der Waals surface area (Å²) in [5, 5.41) is 18.2. The summed E-state index contributed by atoms with van der Waals surface area (Å²) in [4.78, 5) is 10.6. The standard InChI is InChI=1S/C11H13FO3/c1-11(2,6-10(14)15)8-5-7(12)3-4-9(8)13/h3-5,13H,6H2,1-2H3,(H,14,15). The highest BCUT2D eigenvalue weighted by Crippen LogP contribution is 2.33. The summed E-state index contributed by atoms with van der Waals surface area (Å²) < 4.78 is 13.0. The smallest absolute Gasteiger partial charge is 0.304 e. The molecule has 0 unspecified atom stereocenters. The van der Waals surface area contributed by atoms with Gasteiger partial charge in [0.2, 0.25) is 0 Å². The average molecular weight is 212 g/mol. The number of phenolic OH excluding ortho intramolecular Hbond substituents is 1. The molecule has 0 radical (unpaired) electrons. The monoisotopic (exact) mass is 212 g/mol. The second kappa shape index (κ2) is 3.88. The van der Waals surface area contributed by atoms with Crippen LogP contribution >= 0.6 is 0 Å². The van der Waals surface area contributed by atoms with Crippen molar-refractivity contribution in [2.24, 2.45) is 0 Å². The summed E-state index contributed by atoms with van der Waals surface area (Å²) in [6, 6.07) is 3.53. The number of phenols is 1. The van der Waals surface area contributed by atoms with E-state index in [1.165, 1.54) is 6.07 Å². The first-order valence-corrected chi connectivity index (χ1v) is 4.54. The fourth-order valence-electron chi connectivity index (χ4n) is 1.52. The molecule has 0 aliphatic rings. The number of aliphatic carboxylic acids is 1. The molecule has 0 aromatic heterocycles. The first-order chi connectivity index (χ1) is 6.83. The van der Waals surface area contributed by atoms with Gasteiger partial charge in [-0.2, -0.15) is 0 Å². The van der Waals surface area contributed by atoms with E-state index in [1.807, 2.05) is 0 Å². The van der Waals surface area contributed by atoms with Crippen molar-refractivity contribution in [3.8, 4) is 5.75 Å². The molecule has 0 bridgehead atoms. The number of carbonyl (C=O) groups is 1. The van der Waals surface area contributed by atoms with Crippen LogP contribution in [0.15, 0.2) is 18.2 Å². The Hall–Kier alpha value is -1.58. The molecule has 0 spiro atoms. The number of hydrogen-bond donors (Lipinski definition) is 2. The molecule has 0 saturated carbocycles. The number of rotatable bonds is 3. The largest absolute Gasteiger partial charge is 0.508 e. The summed E-state index contributed by atoms with van der Waals surface area (Å²) in [5.74, 6) is -1.55. The minimum atomic E-state index is -0.983. The van der Waals surface area contributed by atoms with Crippen LogP contribution in [0.2, 0.25) is 0 Å². The summed E-state index contributed by atoms with van der Waals surface area (Å²) in [6.07, 6.45) is -0.163. The molecule has 0 fully saturated rings. The molecule has 0 aliphatic carbocycles. The molecule has 15 heavy (non-hydrogen) atoms. The maximum atomic E-state index is 13.0. The highest BCUT2D eigenvalue weighted by atomic mass is 19.1. The first-order valence-electron chi connectivity index (χ1n) is 4.54. The summed E-state index contributed by atoms with van der Waals surface area (Å²) in [5.41, 5.74) is -0.484. The average Bonchev–Trinajstić information content (AvgIpc) is 2.06. The van der Waals surface area contributed by atoms with E-state index in [1.54, 1.807) is 13.8 Å². The van der Waals surface area contributed by atoms with E-state index in [2.05, 4.69) is 0 Å². The van der Waals surface area contributed by atoms with Crippen molar-refractivity contribution in [2.45, 2.75) is 25.7 Å². The number of carboxylic acids is 1. The molecular formula is C11H13FO3. The van der Waals surface area contributed by atoms with Crippen LogP contribution in [0.5, 0.6) is 5.75 Å². The van der Waals surface area contributed by atoms with Crippen molar-refractivity contribution in [3.63, 3.8) is 0 Å². The molecule has 82 valence electrons. The molecule has 0 saturated heterocycles. The van der Waals surface area contributed by atoms with Crippen molar-refractivity contribution in [1.82, 2.24) is 0 Å². The van der Waals surface area contributed by atoms with Gasteiger partial charge in [-0.3, -0.25) is 4.79 Å². The molecule has 3 nitrogen and oxygen atoms in total. The quantitative estimate of drug-likeness (QED) is 0.808. The van der Waals surface area contributed by atoms with Gasteiger partial charge in [0.05, 0.1) is 6.42 Å². The van der Waals surface area contributed by atoms with E-state index in [4.69, 9.17) is 5.11 Å². The molecule has 0 amide bonds. The van der Waals surface area contributed by atoms with Gasteiger partial charge in [0.25, 0.3) is 0 Å². The molecule has 0 aliphatic heterocycles. The zero-order valence-electron chi connectivity index (χ0n) is 8.62. The molecule has 1 aromatic rings. The van der Waals surface area contributed by atoms with E-state index in [9.17, 15) is 14.3 Å². The Labute approximate surface area is 87.2 Å². The Morgan fingerprint density at radius 2 is 2.07 bits per heavy atom. The van der Waals surface area contributed by atoms with Crippen molar-refractivity contribution in [1.29, 1.82) is 0 Å². The second-order valence-corrected chi connectivity index (χ2v) is 4.12. The Balaban J connectivity index is 3.13. The van der Waals surface area contributed by atoms with Crippen LogP contribution in [0.3, 0.4) is 0 Å². The maximum absolute atomic E-state index is 13.0. The van der Waals surface area contributed by atoms with Gasteiger partial charge in [0, 0.05) is 11.0 Å². The topological polar surface area (TPSA) is 57.5 Å². The van der Waals surface area contributed by atoms with Gasteiger partial charge >= 0.3 is 5.97 Å². The van der Waals surface area contributed by atoms with Crippen LogP contribution in [0, 0.1) is 5.82 Å². The van der Waals surface area contributed by atoms with Crippen LogP contribution < -0.4 is 0 Å². The molecule has 0 heterocycles. The zero-order chi connectivity index (χ0) is 11.6. The molecule has 2 N–H and O–H groups in total. The van der Waals surface area contributed by atoms with Gasteiger partial charge in [-0.05, 0) is 18.2 Å². The third kappa shape index (κ3) is 2.68. The third-order valence-electron chi connectivity index (χ3n) is 2.28. The van der Waals surface area contributed by atoms with Crippen molar-refractivity contribution in [2.75, 3.05) is 0 Å². The van der Waals surface area contributed by atoms with E-state index in [0.717, 1.165) is 12.1 Å². The predicted octanol–water partition coefficient (Wildman–Crippen LogP) is 2.28. The zero-order valence-corrected chi connectivity index (χ0v) is 8.62. The molecule has 0 atom stereocenters. The molecule has 1 rings (SSSR count). The summed E-state index contributed by atoms with van der Waals surface area (Å²) >= 11 is 0. The van der Waals surface area contributed by atoms with Crippen LogP contribution in [-0.2, 0) is 10.2 Å². The van der Waals surface area contributed by atoms with E-state index in [0.29, 0.717) is 5.56 Å². The highest BCUT2D eigenvalue weighted by molar-refractivity contribution is 5.69. The minimum Gasteiger partial charge on any atom is -0.508 e. The van der Waals surface area contributed by atoms with Gasteiger partial charge in [0.1, 0.15) is 11.6 Å². The van der Waals surface area contributed by atoms with Gasteiger partial charge in [-0.1, -0.05) is 13.8 Å². The van der Waals surface area contributed by atoms with E-state index in [-0.39, 0.29) is 12.2 Å². The number of hydrogen-bond acceptors (Lipinski definition) is 2. The van der Waals surface area contributed by atoms with E-state index >= 15 is 0 Å². The third-order valence-corrected chi connectivity index (χ3v) is 2.28. The van der Waals surface area contributed by atoms with Gasteiger partial charge < -0.3 is 10.2 Å². The summed E-state index contributed by atoms with van der Waals surface area (Å²) in [7, 11) is 0. The van der Waals surface area contributed by atoms with Crippen LogP contribution in [-0.4, -0.2) is 16.2 Å². The maximum Gasteiger partial charge on any atom is 0.304 e. The summed E-state index contributed by atoms with van der Waals surface area (Å²) in [6.45, 7) is 3.30. The fraction of sp³-hybridized carbons (Fsp3) is 0.364. The normalized spacial score (nSPS) is 11.4. The van der Waals surface area contributed by atoms with Crippen LogP contribution in [0.25, 0.3) is 0 Å². The Kier molecular flexibility index (Phi) is 2.98. The number of carboxylic acid groups (broad SMARTS) is 1. The van der Waals surface area contributed by atoms with Crippen molar-refractivity contribution >= 4 is 5.97 Å². The van der Waals surface area contributed by atoms with Crippen molar-refractivity contribution in [3.05, 3.63) is 29.6 Å². The number of aromatic hydroxyl groups is 1.